The van der Waals surface area contributed by atoms with Crippen molar-refractivity contribution in [2.45, 2.75) is 70.0 Å². The Balaban J connectivity index is 1.29. The monoisotopic (exact) mass is 395 g/mol. The van der Waals surface area contributed by atoms with Crippen molar-refractivity contribution in [1.29, 1.82) is 0 Å². The normalized spacial score (nSPS) is 19.2. The van der Waals surface area contributed by atoms with Crippen LogP contribution in [0, 0.1) is 0 Å². The smallest absolute Gasteiger partial charge is 0.273 e. The van der Waals surface area contributed by atoms with Gasteiger partial charge in [0.15, 0.2) is 5.69 Å². The van der Waals surface area contributed by atoms with Crippen LogP contribution in [-0.4, -0.2) is 50.3 Å². The molecule has 1 aromatic heterocycles. The lowest BCUT2D eigenvalue weighted by atomic mass is 9.98. The van der Waals surface area contributed by atoms with E-state index in [1.165, 1.54) is 5.56 Å². The predicted octanol–water partition coefficient (Wildman–Crippen LogP) is 2.57. The van der Waals surface area contributed by atoms with E-state index >= 15 is 0 Å². The number of amides is 2. The van der Waals surface area contributed by atoms with Crippen molar-refractivity contribution in [2.75, 3.05) is 6.54 Å². The molecule has 1 aromatic carbocycles. The fourth-order valence-electron chi connectivity index (χ4n) is 3.95. The van der Waals surface area contributed by atoms with E-state index in [1.807, 2.05) is 18.2 Å². The second kappa shape index (κ2) is 9.20. The van der Waals surface area contributed by atoms with E-state index in [1.54, 1.807) is 10.9 Å². The van der Waals surface area contributed by atoms with E-state index < -0.39 is 0 Å². The highest BCUT2D eigenvalue weighted by Gasteiger charge is 2.27. The molecule has 7 nitrogen and oxygen atoms in total. The second-order valence-electron chi connectivity index (χ2n) is 8.13. The first-order chi connectivity index (χ1) is 14.2. The maximum atomic E-state index is 12.8. The van der Waals surface area contributed by atoms with Gasteiger partial charge in [0, 0.05) is 31.6 Å². The van der Waals surface area contributed by atoms with Gasteiger partial charge in [-0.3, -0.25) is 14.3 Å². The van der Waals surface area contributed by atoms with Crippen molar-refractivity contribution < 1.29 is 9.59 Å². The number of hydrogen-bond acceptors (Lipinski definition) is 4. The van der Waals surface area contributed by atoms with Crippen molar-refractivity contribution in [3.63, 3.8) is 0 Å². The lowest BCUT2D eigenvalue weighted by Gasteiger charge is -2.36. The molecule has 1 N–H and O–H groups in total. The van der Waals surface area contributed by atoms with Gasteiger partial charge in [0.05, 0.1) is 6.20 Å². The summed E-state index contributed by atoms with van der Waals surface area (Å²) in [6, 6.07) is 10.7. The van der Waals surface area contributed by atoms with Gasteiger partial charge in [-0.2, -0.15) is 0 Å². The van der Waals surface area contributed by atoms with Gasteiger partial charge in [0.25, 0.3) is 5.91 Å². The fraction of sp³-hybridized carbons (Fsp3) is 0.545. The SMILES string of the molecule is O=C(NC1CC1)c1cn(CC[C@@H]2CCCCN2C(=O)CCc2ccccc2)nn1. The third-order valence-electron chi connectivity index (χ3n) is 5.79. The Bertz CT molecular complexity index is 831. The number of hydrogen-bond donors (Lipinski definition) is 1. The van der Waals surface area contributed by atoms with Crippen molar-refractivity contribution in [2.24, 2.45) is 0 Å². The van der Waals surface area contributed by atoms with E-state index in [2.05, 4.69) is 32.7 Å². The number of carbonyl (C=O) groups excluding carboxylic acids is 2. The fourth-order valence-corrected chi connectivity index (χ4v) is 3.95. The van der Waals surface area contributed by atoms with Crippen LogP contribution in [0.3, 0.4) is 0 Å². The number of aryl methyl sites for hydroxylation is 2. The van der Waals surface area contributed by atoms with Gasteiger partial charge >= 0.3 is 0 Å². The number of nitrogens with zero attached hydrogens (tertiary/aromatic N) is 4. The summed E-state index contributed by atoms with van der Waals surface area (Å²) in [6.07, 6.45) is 9.24. The Morgan fingerprint density at radius 3 is 2.72 bits per heavy atom. The molecule has 1 atom stereocenters. The summed E-state index contributed by atoms with van der Waals surface area (Å²) in [5.74, 6) is 0.0933. The molecule has 2 heterocycles. The van der Waals surface area contributed by atoms with Crippen LogP contribution < -0.4 is 5.32 Å². The quantitative estimate of drug-likeness (QED) is 0.745. The Kier molecular flexibility index (Phi) is 6.22. The molecule has 1 aliphatic heterocycles. The first-order valence-corrected chi connectivity index (χ1v) is 10.7. The predicted molar refractivity (Wildman–Crippen MR) is 109 cm³/mol. The van der Waals surface area contributed by atoms with E-state index in [0.29, 0.717) is 24.7 Å². The average molecular weight is 396 g/mol. The zero-order valence-electron chi connectivity index (χ0n) is 16.8. The number of carbonyl (C=O) groups is 2. The van der Waals surface area contributed by atoms with Crippen LogP contribution >= 0.6 is 0 Å². The molecule has 29 heavy (non-hydrogen) atoms. The molecule has 0 bridgehead atoms. The van der Waals surface area contributed by atoms with Gasteiger partial charge in [0.2, 0.25) is 5.91 Å². The molecule has 154 valence electrons. The number of likely N-dealkylation sites (tertiary alicyclic amines) is 1. The summed E-state index contributed by atoms with van der Waals surface area (Å²) >= 11 is 0. The van der Waals surface area contributed by atoms with E-state index in [9.17, 15) is 9.59 Å². The molecule has 1 saturated carbocycles. The molecule has 2 fully saturated rings. The van der Waals surface area contributed by atoms with Gasteiger partial charge in [-0.05, 0) is 50.5 Å². The summed E-state index contributed by atoms with van der Waals surface area (Å²) in [7, 11) is 0. The third kappa shape index (κ3) is 5.43. The lowest BCUT2D eigenvalue weighted by molar-refractivity contribution is -0.135. The van der Waals surface area contributed by atoms with Crippen LogP contribution in [0.5, 0.6) is 0 Å². The Morgan fingerprint density at radius 2 is 1.93 bits per heavy atom. The highest BCUT2D eigenvalue weighted by atomic mass is 16.2. The minimum Gasteiger partial charge on any atom is -0.348 e. The van der Waals surface area contributed by atoms with Crippen LogP contribution in [0.1, 0.15) is 61.0 Å². The number of piperidine rings is 1. The molecule has 2 amide bonds. The van der Waals surface area contributed by atoms with Crippen molar-refractivity contribution in [3.05, 3.63) is 47.8 Å². The van der Waals surface area contributed by atoms with Gasteiger partial charge < -0.3 is 10.2 Å². The molecule has 1 aliphatic carbocycles. The highest BCUT2D eigenvalue weighted by Crippen LogP contribution is 2.22. The highest BCUT2D eigenvalue weighted by molar-refractivity contribution is 5.92. The zero-order valence-corrected chi connectivity index (χ0v) is 16.8. The standard InChI is InChI=1S/C22H29N5O2/c28-21(12-9-17-6-2-1-3-7-17)27-14-5-4-8-19(27)13-15-26-16-20(24-25-26)22(29)23-18-10-11-18/h1-3,6-7,16,18-19H,4-5,8-15H2,(H,23,29)/t19-/m0/s1. The Morgan fingerprint density at radius 1 is 1.10 bits per heavy atom. The molecule has 0 radical (unpaired) electrons. The largest absolute Gasteiger partial charge is 0.348 e. The maximum absolute atomic E-state index is 12.8. The van der Waals surface area contributed by atoms with Crippen LogP contribution in [0.15, 0.2) is 36.5 Å². The number of nitrogens with one attached hydrogen (secondary N) is 1. The summed E-state index contributed by atoms with van der Waals surface area (Å²) in [5.41, 5.74) is 1.57. The molecule has 4 rings (SSSR count). The van der Waals surface area contributed by atoms with Crippen molar-refractivity contribution in [3.8, 4) is 0 Å². The molecule has 2 aliphatic rings. The summed E-state index contributed by atoms with van der Waals surface area (Å²) < 4.78 is 1.73. The molecule has 0 spiro atoms. The molecular formula is C22H29N5O2. The van der Waals surface area contributed by atoms with Crippen LogP contribution in [0.25, 0.3) is 0 Å². The molecular weight excluding hydrogens is 366 g/mol. The minimum absolute atomic E-state index is 0.144. The van der Waals surface area contributed by atoms with E-state index in [-0.39, 0.29) is 17.9 Å². The molecule has 2 aromatic rings. The number of rotatable bonds is 8. The number of aromatic nitrogens is 3. The second-order valence-corrected chi connectivity index (χ2v) is 8.13. The minimum atomic E-state index is -0.144. The first-order valence-electron chi connectivity index (χ1n) is 10.7. The Labute approximate surface area is 171 Å². The third-order valence-corrected chi connectivity index (χ3v) is 5.79. The number of benzene rings is 1. The van der Waals surface area contributed by atoms with E-state index in [4.69, 9.17) is 0 Å². The van der Waals surface area contributed by atoms with Crippen LogP contribution in [0.2, 0.25) is 0 Å². The summed E-state index contributed by atoms with van der Waals surface area (Å²) in [4.78, 5) is 27.0. The molecule has 7 heteroatoms. The maximum Gasteiger partial charge on any atom is 0.273 e. The van der Waals surface area contributed by atoms with E-state index in [0.717, 1.165) is 51.5 Å². The summed E-state index contributed by atoms with van der Waals surface area (Å²) in [5, 5.41) is 11.0. The molecule has 0 unspecified atom stereocenters. The van der Waals surface area contributed by atoms with Crippen molar-refractivity contribution in [1.82, 2.24) is 25.2 Å². The first kappa shape index (κ1) is 19.6. The van der Waals surface area contributed by atoms with Crippen molar-refractivity contribution >= 4 is 11.8 Å². The topological polar surface area (TPSA) is 80.1 Å². The van der Waals surface area contributed by atoms with Gasteiger partial charge in [-0.25, -0.2) is 0 Å². The van der Waals surface area contributed by atoms with Crippen LogP contribution in [0.4, 0.5) is 0 Å². The lowest BCUT2D eigenvalue weighted by Crippen LogP contribution is -2.44. The van der Waals surface area contributed by atoms with Gasteiger partial charge in [-0.15, -0.1) is 5.10 Å². The zero-order chi connectivity index (χ0) is 20.1. The Hall–Kier alpha value is -2.70. The van der Waals surface area contributed by atoms with Gasteiger partial charge in [-0.1, -0.05) is 35.5 Å². The average Bonchev–Trinajstić information content (AvgIpc) is 3.44. The van der Waals surface area contributed by atoms with Crippen LogP contribution in [-0.2, 0) is 17.8 Å². The van der Waals surface area contributed by atoms with Gasteiger partial charge in [0.1, 0.15) is 0 Å². The summed E-state index contributed by atoms with van der Waals surface area (Å²) in [6.45, 7) is 1.50. The molecule has 1 saturated heterocycles.